The van der Waals surface area contributed by atoms with Crippen molar-refractivity contribution in [1.82, 2.24) is 15.3 Å². The Bertz CT molecular complexity index is 806. The van der Waals surface area contributed by atoms with Gasteiger partial charge in [0.2, 0.25) is 5.91 Å². The quantitative estimate of drug-likeness (QED) is 0.853. The molecular formula is C17H23N3O2S2. The first-order chi connectivity index (χ1) is 11.5. The van der Waals surface area contributed by atoms with Crippen LogP contribution in [0.3, 0.4) is 0 Å². The lowest BCUT2D eigenvalue weighted by Crippen LogP contribution is -2.37. The van der Waals surface area contributed by atoms with Gasteiger partial charge in [0.05, 0.1) is 16.4 Å². The van der Waals surface area contributed by atoms with Crippen molar-refractivity contribution in [2.45, 2.75) is 63.5 Å². The predicted molar refractivity (Wildman–Crippen MR) is 101 cm³/mol. The zero-order chi connectivity index (χ0) is 17.3. The molecule has 5 nitrogen and oxygen atoms in total. The number of thioether (sulfide) groups is 1. The first-order valence-corrected chi connectivity index (χ1v) is 10.2. The van der Waals surface area contributed by atoms with Gasteiger partial charge in [-0.15, -0.1) is 23.1 Å². The number of fused-ring (bicyclic) bond motifs is 1. The SMILES string of the molecule is Cc1sc2nc(CS[C@@H](C)C(=O)NC3CCCC3)[nH]c(=O)c2c1C. The van der Waals surface area contributed by atoms with Crippen LogP contribution in [0.25, 0.3) is 10.2 Å². The largest absolute Gasteiger partial charge is 0.352 e. The summed E-state index contributed by atoms with van der Waals surface area (Å²) < 4.78 is 0. The fourth-order valence-corrected chi connectivity index (χ4v) is 4.85. The summed E-state index contributed by atoms with van der Waals surface area (Å²) in [6, 6.07) is 0.340. The molecule has 0 bridgehead atoms. The van der Waals surface area contributed by atoms with Crippen LogP contribution >= 0.6 is 23.1 Å². The van der Waals surface area contributed by atoms with E-state index in [0.29, 0.717) is 23.0 Å². The summed E-state index contributed by atoms with van der Waals surface area (Å²) in [6.45, 7) is 5.87. The minimum absolute atomic E-state index is 0.0816. The minimum atomic E-state index is -0.154. The minimum Gasteiger partial charge on any atom is -0.352 e. The molecule has 130 valence electrons. The summed E-state index contributed by atoms with van der Waals surface area (Å²) in [5, 5.41) is 3.66. The van der Waals surface area contributed by atoms with E-state index in [1.54, 1.807) is 11.3 Å². The molecule has 1 aliphatic rings. The zero-order valence-electron chi connectivity index (χ0n) is 14.3. The Morgan fingerprint density at radius 1 is 1.42 bits per heavy atom. The van der Waals surface area contributed by atoms with Gasteiger partial charge in [-0.1, -0.05) is 12.8 Å². The van der Waals surface area contributed by atoms with Crippen LogP contribution in [0.1, 0.15) is 48.9 Å². The van der Waals surface area contributed by atoms with Gasteiger partial charge in [-0.2, -0.15) is 0 Å². The lowest BCUT2D eigenvalue weighted by Gasteiger charge is -2.16. The third-order valence-electron chi connectivity index (χ3n) is 4.63. The number of hydrogen-bond acceptors (Lipinski definition) is 5. The Labute approximate surface area is 149 Å². The number of aromatic nitrogens is 2. The molecule has 1 atom stereocenters. The van der Waals surface area contributed by atoms with Gasteiger partial charge in [-0.25, -0.2) is 4.98 Å². The molecule has 2 aromatic heterocycles. The number of nitrogens with one attached hydrogen (secondary N) is 2. The molecule has 0 saturated heterocycles. The third kappa shape index (κ3) is 3.67. The van der Waals surface area contributed by atoms with Gasteiger partial charge in [0.15, 0.2) is 0 Å². The number of rotatable bonds is 5. The summed E-state index contributed by atoms with van der Waals surface area (Å²) in [4.78, 5) is 33.8. The topological polar surface area (TPSA) is 74.8 Å². The van der Waals surface area contributed by atoms with Crippen LogP contribution in [0.15, 0.2) is 4.79 Å². The molecule has 0 unspecified atom stereocenters. The van der Waals surface area contributed by atoms with Crippen LogP contribution in [-0.2, 0) is 10.5 Å². The summed E-state index contributed by atoms with van der Waals surface area (Å²) in [6.07, 6.45) is 4.59. The van der Waals surface area contributed by atoms with E-state index in [1.165, 1.54) is 24.6 Å². The normalized spacial score (nSPS) is 16.6. The molecule has 0 radical (unpaired) electrons. The van der Waals surface area contributed by atoms with Gasteiger partial charge in [0, 0.05) is 10.9 Å². The van der Waals surface area contributed by atoms with Gasteiger partial charge in [-0.05, 0) is 39.2 Å². The van der Waals surface area contributed by atoms with E-state index in [1.807, 2.05) is 20.8 Å². The molecule has 1 saturated carbocycles. The highest BCUT2D eigenvalue weighted by Gasteiger charge is 2.21. The summed E-state index contributed by atoms with van der Waals surface area (Å²) in [7, 11) is 0. The molecule has 2 N–H and O–H groups in total. The van der Waals surface area contributed by atoms with Crippen LogP contribution in [0.5, 0.6) is 0 Å². The molecule has 0 aromatic carbocycles. The predicted octanol–water partition coefficient (Wildman–Crippen LogP) is 3.28. The number of carbonyl (C=O) groups excluding carboxylic acids is 1. The van der Waals surface area contributed by atoms with E-state index in [2.05, 4.69) is 15.3 Å². The number of hydrogen-bond donors (Lipinski definition) is 2. The molecule has 24 heavy (non-hydrogen) atoms. The number of nitrogens with zero attached hydrogens (tertiary/aromatic N) is 1. The van der Waals surface area contributed by atoms with Crippen molar-refractivity contribution in [2.24, 2.45) is 0 Å². The maximum absolute atomic E-state index is 12.3. The van der Waals surface area contributed by atoms with Gasteiger partial charge in [-0.3, -0.25) is 9.59 Å². The summed E-state index contributed by atoms with van der Waals surface area (Å²) in [5.74, 6) is 1.25. The Kier molecular flexibility index (Phi) is 5.30. The second kappa shape index (κ2) is 7.27. The summed E-state index contributed by atoms with van der Waals surface area (Å²) in [5.41, 5.74) is 0.924. The van der Waals surface area contributed by atoms with E-state index in [4.69, 9.17) is 0 Å². The fourth-order valence-electron chi connectivity index (χ4n) is 3.04. The molecule has 2 aromatic rings. The highest BCUT2D eigenvalue weighted by Crippen LogP contribution is 2.26. The Morgan fingerprint density at radius 3 is 2.83 bits per heavy atom. The number of amides is 1. The van der Waals surface area contributed by atoms with E-state index in [9.17, 15) is 9.59 Å². The van der Waals surface area contributed by atoms with Crippen LogP contribution < -0.4 is 10.9 Å². The van der Waals surface area contributed by atoms with Crippen molar-refractivity contribution in [3.8, 4) is 0 Å². The molecule has 2 heterocycles. The van der Waals surface area contributed by atoms with E-state index in [-0.39, 0.29) is 16.7 Å². The van der Waals surface area contributed by atoms with Crippen molar-refractivity contribution < 1.29 is 4.79 Å². The first-order valence-electron chi connectivity index (χ1n) is 8.36. The molecule has 3 rings (SSSR count). The van der Waals surface area contributed by atoms with Gasteiger partial charge in [0.25, 0.3) is 5.56 Å². The van der Waals surface area contributed by atoms with Crippen molar-refractivity contribution in [3.05, 3.63) is 26.6 Å². The van der Waals surface area contributed by atoms with Crippen molar-refractivity contribution in [1.29, 1.82) is 0 Å². The molecular weight excluding hydrogens is 342 g/mol. The monoisotopic (exact) mass is 365 g/mol. The lowest BCUT2D eigenvalue weighted by atomic mass is 10.2. The van der Waals surface area contributed by atoms with Crippen LogP contribution in [0, 0.1) is 13.8 Å². The molecule has 0 spiro atoms. The van der Waals surface area contributed by atoms with Crippen molar-refractivity contribution in [2.75, 3.05) is 0 Å². The zero-order valence-corrected chi connectivity index (χ0v) is 15.9. The van der Waals surface area contributed by atoms with E-state index < -0.39 is 0 Å². The number of thiophene rings is 1. The molecule has 1 amide bonds. The smallest absolute Gasteiger partial charge is 0.259 e. The number of H-pyrrole nitrogens is 1. The Balaban J connectivity index is 1.64. The Hall–Kier alpha value is -1.34. The van der Waals surface area contributed by atoms with Crippen molar-refractivity contribution in [3.63, 3.8) is 0 Å². The van der Waals surface area contributed by atoms with E-state index in [0.717, 1.165) is 28.1 Å². The number of carbonyl (C=O) groups is 1. The standard InChI is InChI=1S/C17H23N3O2S2/c1-9-10(2)24-17-14(9)16(22)19-13(20-17)8-23-11(3)15(21)18-12-6-4-5-7-12/h11-12H,4-8H2,1-3H3,(H,18,21)(H,19,20,22)/t11-/m0/s1. The van der Waals surface area contributed by atoms with Crippen LogP contribution in [0.2, 0.25) is 0 Å². The van der Waals surface area contributed by atoms with Gasteiger partial charge < -0.3 is 10.3 Å². The summed E-state index contributed by atoms with van der Waals surface area (Å²) >= 11 is 3.06. The maximum atomic E-state index is 12.3. The number of aromatic amines is 1. The second-order valence-corrected chi connectivity index (χ2v) is 8.95. The molecule has 1 aliphatic carbocycles. The van der Waals surface area contributed by atoms with Gasteiger partial charge >= 0.3 is 0 Å². The first kappa shape index (κ1) is 17.5. The number of aryl methyl sites for hydroxylation is 2. The second-order valence-electron chi connectivity index (χ2n) is 6.42. The fraction of sp³-hybridized carbons (Fsp3) is 0.588. The lowest BCUT2D eigenvalue weighted by molar-refractivity contribution is -0.120. The average molecular weight is 366 g/mol. The van der Waals surface area contributed by atoms with Crippen molar-refractivity contribution >= 4 is 39.2 Å². The third-order valence-corrected chi connectivity index (χ3v) is 6.88. The van der Waals surface area contributed by atoms with E-state index >= 15 is 0 Å². The highest BCUT2D eigenvalue weighted by molar-refractivity contribution is 7.99. The average Bonchev–Trinajstić information content (AvgIpc) is 3.13. The highest BCUT2D eigenvalue weighted by atomic mass is 32.2. The van der Waals surface area contributed by atoms with Gasteiger partial charge in [0.1, 0.15) is 10.7 Å². The molecule has 7 heteroatoms. The maximum Gasteiger partial charge on any atom is 0.259 e. The van der Waals surface area contributed by atoms with Crippen LogP contribution in [-0.4, -0.2) is 27.2 Å². The molecule has 1 fully saturated rings. The molecule has 0 aliphatic heterocycles. The van der Waals surface area contributed by atoms with Crippen LogP contribution in [0.4, 0.5) is 0 Å². The Morgan fingerprint density at radius 2 is 2.12 bits per heavy atom.